The maximum atomic E-state index is 11.8. The van der Waals surface area contributed by atoms with Crippen LogP contribution in [-0.4, -0.2) is 11.9 Å². The molecule has 0 aromatic heterocycles. The fourth-order valence-corrected chi connectivity index (χ4v) is 2.18. The predicted octanol–water partition coefficient (Wildman–Crippen LogP) is 3.99. The summed E-state index contributed by atoms with van der Waals surface area (Å²) in [5, 5.41) is 0. The minimum absolute atomic E-state index is 0.394. The first-order valence-corrected chi connectivity index (χ1v) is 7.55. The zero-order valence-corrected chi connectivity index (χ0v) is 13.3. The Labute approximate surface area is 136 Å². The first-order valence-electron chi connectivity index (χ1n) is 7.55. The lowest BCUT2D eigenvalue weighted by Crippen LogP contribution is -2.17. The van der Waals surface area contributed by atoms with Gasteiger partial charge in [-0.1, -0.05) is 60.7 Å². The van der Waals surface area contributed by atoms with Gasteiger partial charge in [-0.3, -0.25) is 9.59 Å². The molecule has 0 spiro atoms. The maximum absolute atomic E-state index is 11.8. The molecule has 120 valence electrons. The third-order valence-corrected chi connectivity index (χ3v) is 3.44. The molecule has 2 aromatic rings. The van der Waals surface area contributed by atoms with Gasteiger partial charge in [0.25, 0.3) is 0 Å². The zero-order chi connectivity index (χ0) is 16.7. The first kappa shape index (κ1) is 16.7. The Bertz CT molecular complexity index is 579. The zero-order valence-electron chi connectivity index (χ0n) is 13.3. The molecule has 2 unspecified atom stereocenters. The molecule has 0 saturated heterocycles. The van der Waals surface area contributed by atoms with Crippen LogP contribution >= 0.6 is 0 Å². The molecule has 2 rings (SSSR count). The molecule has 2 aromatic carbocycles. The summed E-state index contributed by atoms with van der Waals surface area (Å²) in [6.07, 6.45) is -1.19. The molecule has 4 nitrogen and oxygen atoms in total. The summed E-state index contributed by atoms with van der Waals surface area (Å²) in [6, 6.07) is 18.7. The van der Waals surface area contributed by atoms with Gasteiger partial charge in [0.1, 0.15) is 18.6 Å². The number of carbonyl (C=O) groups excluding carboxylic acids is 2. The summed E-state index contributed by atoms with van der Waals surface area (Å²) in [7, 11) is 0. The van der Waals surface area contributed by atoms with E-state index in [0.29, 0.717) is 0 Å². The van der Waals surface area contributed by atoms with E-state index >= 15 is 0 Å². The molecule has 0 N–H and O–H groups in total. The molecular weight excluding hydrogens is 292 g/mol. The van der Waals surface area contributed by atoms with Crippen LogP contribution in [0.2, 0.25) is 0 Å². The largest absolute Gasteiger partial charge is 0.457 e. The molecule has 0 amide bonds. The van der Waals surface area contributed by atoms with Crippen LogP contribution in [-0.2, 0) is 19.1 Å². The minimum atomic E-state index is -0.591. The second-order valence-corrected chi connectivity index (χ2v) is 5.26. The van der Waals surface area contributed by atoms with E-state index in [1.165, 1.54) is 0 Å². The average molecular weight is 312 g/mol. The number of carbonyl (C=O) groups is 2. The van der Waals surface area contributed by atoms with Gasteiger partial charge < -0.3 is 9.47 Å². The first-order chi connectivity index (χ1) is 11.1. The van der Waals surface area contributed by atoms with Gasteiger partial charge in [-0.15, -0.1) is 0 Å². The van der Waals surface area contributed by atoms with Gasteiger partial charge >= 0.3 is 11.9 Å². The standard InChI is InChI=1S/C19H20O4/c1-14(16-9-5-3-6-10-16)22-18(20)13-19(21)23-15(2)17-11-7-4-8-12-17/h3-12,14-15H,13H2,1-2H3. The SMILES string of the molecule is CC(OC(=O)CC(=O)OC(C)c1ccccc1)c1ccccc1. The van der Waals surface area contributed by atoms with Crippen molar-refractivity contribution in [2.75, 3.05) is 0 Å². The van der Waals surface area contributed by atoms with Crippen LogP contribution in [0.1, 0.15) is 43.6 Å². The van der Waals surface area contributed by atoms with Crippen LogP contribution in [0, 0.1) is 0 Å². The van der Waals surface area contributed by atoms with Gasteiger partial charge in [0, 0.05) is 0 Å². The number of ether oxygens (including phenoxy) is 2. The molecule has 0 radical (unpaired) electrons. The Morgan fingerprint density at radius 1 is 0.739 bits per heavy atom. The summed E-state index contributed by atoms with van der Waals surface area (Å²) in [6.45, 7) is 3.54. The van der Waals surface area contributed by atoms with Crippen LogP contribution in [0.15, 0.2) is 60.7 Å². The van der Waals surface area contributed by atoms with E-state index in [1.807, 2.05) is 60.7 Å². The number of hydrogen-bond acceptors (Lipinski definition) is 4. The Morgan fingerprint density at radius 2 is 1.09 bits per heavy atom. The molecule has 0 bridgehead atoms. The van der Waals surface area contributed by atoms with Crippen LogP contribution < -0.4 is 0 Å². The number of benzene rings is 2. The van der Waals surface area contributed by atoms with Gasteiger partial charge in [-0.2, -0.15) is 0 Å². The van der Waals surface area contributed by atoms with Gasteiger partial charge in [0.05, 0.1) is 0 Å². The summed E-state index contributed by atoms with van der Waals surface area (Å²) >= 11 is 0. The van der Waals surface area contributed by atoms with Gasteiger partial charge in [0.2, 0.25) is 0 Å². The Balaban J connectivity index is 1.82. The van der Waals surface area contributed by atoms with Crippen molar-refractivity contribution in [2.24, 2.45) is 0 Å². The Hall–Kier alpha value is -2.62. The highest BCUT2D eigenvalue weighted by Crippen LogP contribution is 2.19. The van der Waals surface area contributed by atoms with Crippen molar-refractivity contribution in [3.63, 3.8) is 0 Å². The van der Waals surface area contributed by atoms with E-state index in [9.17, 15) is 9.59 Å². The molecule has 0 fully saturated rings. The second-order valence-electron chi connectivity index (χ2n) is 5.26. The van der Waals surface area contributed by atoms with E-state index in [4.69, 9.17) is 9.47 Å². The van der Waals surface area contributed by atoms with E-state index in [2.05, 4.69) is 0 Å². The molecular formula is C19H20O4. The van der Waals surface area contributed by atoms with Crippen molar-refractivity contribution in [1.29, 1.82) is 0 Å². The molecule has 23 heavy (non-hydrogen) atoms. The van der Waals surface area contributed by atoms with Crippen molar-refractivity contribution in [1.82, 2.24) is 0 Å². The third-order valence-electron chi connectivity index (χ3n) is 3.44. The van der Waals surface area contributed by atoms with E-state index in [0.717, 1.165) is 11.1 Å². The molecule has 2 atom stereocenters. The van der Waals surface area contributed by atoms with E-state index in [1.54, 1.807) is 13.8 Å². The Morgan fingerprint density at radius 3 is 1.43 bits per heavy atom. The lowest BCUT2D eigenvalue weighted by molar-refractivity contribution is -0.159. The summed E-state index contributed by atoms with van der Waals surface area (Å²) in [4.78, 5) is 23.7. The lowest BCUT2D eigenvalue weighted by atomic mass is 10.1. The molecule has 0 heterocycles. The van der Waals surface area contributed by atoms with Crippen molar-refractivity contribution in [3.05, 3.63) is 71.8 Å². The minimum Gasteiger partial charge on any atom is -0.457 e. The van der Waals surface area contributed by atoms with Crippen LogP contribution in [0.4, 0.5) is 0 Å². The summed E-state index contributed by atoms with van der Waals surface area (Å²) < 4.78 is 10.5. The number of rotatable bonds is 6. The second kappa shape index (κ2) is 8.13. The van der Waals surface area contributed by atoms with Gasteiger partial charge in [0.15, 0.2) is 0 Å². The van der Waals surface area contributed by atoms with Crippen molar-refractivity contribution < 1.29 is 19.1 Å². The van der Waals surface area contributed by atoms with Crippen molar-refractivity contribution in [3.8, 4) is 0 Å². The fourth-order valence-electron chi connectivity index (χ4n) is 2.18. The van der Waals surface area contributed by atoms with Crippen molar-refractivity contribution >= 4 is 11.9 Å². The van der Waals surface area contributed by atoms with Gasteiger partial charge in [-0.25, -0.2) is 0 Å². The summed E-state index contributed by atoms with van der Waals surface area (Å²) in [5.74, 6) is -1.18. The van der Waals surface area contributed by atoms with E-state index < -0.39 is 30.6 Å². The van der Waals surface area contributed by atoms with Crippen LogP contribution in [0.5, 0.6) is 0 Å². The number of hydrogen-bond donors (Lipinski definition) is 0. The molecule has 0 aliphatic rings. The highest BCUT2D eigenvalue weighted by Gasteiger charge is 2.18. The van der Waals surface area contributed by atoms with Crippen molar-refractivity contribution in [2.45, 2.75) is 32.5 Å². The molecule has 0 aliphatic heterocycles. The molecule has 0 aliphatic carbocycles. The highest BCUT2D eigenvalue weighted by atomic mass is 16.6. The van der Waals surface area contributed by atoms with Gasteiger partial charge in [-0.05, 0) is 25.0 Å². The topological polar surface area (TPSA) is 52.6 Å². The fraction of sp³-hybridized carbons (Fsp3) is 0.263. The monoisotopic (exact) mass is 312 g/mol. The number of esters is 2. The van der Waals surface area contributed by atoms with Crippen LogP contribution in [0.3, 0.4) is 0 Å². The average Bonchev–Trinajstić information content (AvgIpc) is 2.56. The lowest BCUT2D eigenvalue weighted by Gasteiger charge is -2.15. The normalized spacial score (nSPS) is 13.0. The molecule has 0 saturated carbocycles. The van der Waals surface area contributed by atoms with Crippen LogP contribution in [0.25, 0.3) is 0 Å². The smallest absolute Gasteiger partial charge is 0.317 e. The summed E-state index contributed by atoms with van der Waals surface area (Å²) in [5.41, 5.74) is 1.76. The predicted molar refractivity (Wildman–Crippen MR) is 86.5 cm³/mol. The maximum Gasteiger partial charge on any atom is 0.317 e. The molecule has 4 heteroatoms. The van der Waals surface area contributed by atoms with E-state index in [-0.39, 0.29) is 0 Å². The highest BCUT2D eigenvalue weighted by molar-refractivity contribution is 5.91. The Kier molecular flexibility index (Phi) is 5.92. The third kappa shape index (κ3) is 5.25. The quantitative estimate of drug-likeness (QED) is 0.598.